The molecule has 3 aromatic carbocycles. The number of azo groups is 2. The molecule has 0 radical (unpaired) electrons. The van der Waals surface area contributed by atoms with E-state index < -0.39 is 41.6 Å². The quantitative estimate of drug-likeness (QED) is 0.246. The Morgan fingerprint density at radius 3 is 1.90 bits per heavy atom. The fourth-order valence-corrected chi connectivity index (χ4v) is 3.88. The normalized spacial score (nSPS) is 14.7. The first kappa shape index (κ1) is 28.2. The van der Waals surface area contributed by atoms with Crippen LogP contribution in [0.4, 0.5) is 21.9 Å². The van der Waals surface area contributed by atoms with Crippen LogP contribution < -0.4 is 16.0 Å². The molecule has 0 saturated carbocycles. The van der Waals surface area contributed by atoms with Gasteiger partial charge in [0.25, 0.3) is 17.7 Å². The number of anilines is 1. The minimum absolute atomic E-state index is 0.169. The molecule has 14 heteroatoms. The molecular formula is C26H19Cl2N7O5. The third kappa shape index (κ3) is 6.79. The van der Waals surface area contributed by atoms with Crippen molar-refractivity contribution in [1.82, 2.24) is 10.6 Å². The van der Waals surface area contributed by atoms with Gasteiger partial charge in [0.05, 0.1) is 10.0 Å². The van der Waals surface area contributed by atoms with Crippen molar-refractivity contribution in [1.29, 1.82) is 0 Å². The maximum absolute atomic E-state index is 12.5. The van der Waals surface area contributed by atoms with E-state index in [9.17, 15) is 24.0 Å². The van der Waals surface area contributed by atoms with Gasteiger partial charge in [-0.2, -0.15) is 20.5 Å². The molecule has 1 fully saturated rings. The maximum atomic E-state index is 12.5. The highest BCUT2D eigenvalue weighted by Gasteiger charge is 2.34. The van der Waals surface area contributed by atoms with Gasteiger partial charge in [0.2, 0.25) is 12.1 Å². The second-order valence-electron chi connectivity index (χ2n) is 8.34. The fourth-order valence-electron chi connectivity index (χ4n) is 3.44. The van der Waals surface area contributed by atoms with E-state index >= 15 is 0 Å². The number of imide groups is 2. The number of rotatable bonds is 8. The summed E-state index contributed by atoms with van der Waals surface area (Å²) in [5, 5.41) is 22.3. The smallest absolute Gasteiger partial charge is 0.324 e. The predicted molar refractivity (Wildman–Crippen MR) is 146 cm³/mol. The van der Waals surface area contributed by atoms with E-state index in [1.54, 1.807) is 60.7 Å². The summed E-state index contributed by atoms with van der Waals surface area (Å²) in [5.41, 5.74) is 2.25. The Bertz CT molecular complexity index is 1560. The summed E-state index contributed by atoms with van der Waals surface area (Å²) in [5.74, 6) is -2.91. The molecule has 5 amide bonds. The van der Waals surface area contributed by atoms with Crippen LogP contribution in [-0.2, 0) is 19.2 Å². The number of carbonyl (C=O) groups excluding carboxylic acids is 5. The van der Waals surface area contributed by atoms with Crippen molar-refractivity contribution < 1.29 is 24.0 Å². The van der Waals surface area contributed by atoms with Crippen molar-refractivity contribution >= 4 is 69.8 Å². The zero-order valence-electron chi connectivity index (χ0n) is 20.6. The van der Waals surface area contributed by atoms with Gasteiger partial charge in [-0.05, 0) is 54.4 Å². The van der Waals surface area contributed by atoms with Crippen LogP contribution in [0, 0.1) is 0 Å². The van der Waals surface area contributed by atoms with Gasteiger partial charge in [-0.3, -0.25) is 29.8 Å². The summed E-state index contributed by atoms with van der Waals surface area (Å²) >= 11 is 12.7. The first-order chi connectivity index (χ1) is 19.1. The number of Topliss-reactive ketones (excluding diaryl/α,β-unsaturated/α-hetero) is 1. The van der Waals surface area contributed by atoms with Crippen LogP contribution in [0.3, 0.4) is 0 Å². The average Bonchev–Trinajstić information content (AvgIpc) is 2.90. The number of halogens is 2. The molecule has 1 unspecified atom stereocenters. The summed E-state index contributed by atoms with van der Waals surface area (Å²) in [6, 6.07) is 14.4. The van der Waals surface area contributed by atoms with Crippen molar-refractivity contribution in [3.8, 4) is 11.1 Å². The van der Waals surface area contributed by atoms with Crippen molar-refractivity contribution in [2.45, 2.75) is 19.0 Å². The maximum Gasteiger partial charge on any atom is 0.328 e. The van der Waals surface area contributed by atoms with Crippen molar-refractivity contribution in [3.63, 3.8) is 0 Å². The van der Waals surface area contributed by atoms with E-state index in [4.69, 9.17) is 23.2 Å². The van der Waals surface area contributed by atoms with Gasteiger partial charge < -0.3 is 5.32 Å². The lowest BCUT2D eigenvalue weighted by Crippen LogP contribution is -2.57. The Morgan fingerprint density at radius 1 is 0.825 bits per heavy atom. The van der Waals surface area contributed by atoms with Crippen LogP contribution in [0.2, 0.25) is 10.0 Å². The minimum Gasteiger partial charge on any atom is -0.324 e. The van der Waals surface area contributed by atoms with E-state index in [-0.39, 0.29) is 21.4 Å². The van der Waals surface area contributed by atoms with E-state index in [1.165, 1.54) is 13.0 Å². The van der Waals surface area contributed by atoms with Crippen LogP contribution in [0.1, 0.15) is 6.92 Å². The number of hydrogen-bond acceptors (Lipinski definition) is 9. The number of nitrogens with one attached hydrogen (secondary N) is 3. The number of hydrogen-bond donors (Lipinski definition) is 3. The number of amides is 5. The lowest BCUT2D eigenvalue weighted by molar-refractivity contribution is -0.132. The standard InChI is InChI=1S/C26H19Cl2N7O5/c1-13(36)21(23(37)29-16-5-3-2-4-6-16)34-32-19-9-7-14(11-17(19)27)15-8-10-20(18(28)12-15)33-35-22-24(38)30-26(40)31-25(22)39/h2-12,21-22H,1H3,(H,29,37)(H2,30,31,38,39,40). The van der Waals surface area contributed by atoms with Crippen LogP contribution >= 0.6 is 23.2 Å². The molecule has 0 aromatic heterocycles. The molecule has 1 aliphatic rings. The summed E-state index contributed by atoms with van der Waals surface area (Å²) in [7, 11) is 0. The molecule has 0 spiro atoms. The Morgan fingerprint density at radius 2 is 1.38 bits per heavy atom. The van der Waals surface area contributed by atoms with E-state index in [2.05, 4.69) is 25.8 Å². The Balaban J connectivity index is 1.48. The first-order valence-electron chi connectivity index (χ1n) is 11.6. The number of urea groups is 1. The number of carbonyl (C=O) groups is 5. The van der Waals surface area contributed by atoms with Gasteiger partial charge in [-0.15, -0.1) is 0 Å². The molecule has 40 heavy (non-hydrogen) atoms. The highest BCUT2D eigenvalue weighted by Crippen LogP contribution is 2.35. The minimum atomic E-state index is -1.53. The second kappa shape index (κ2) is 12.4. The van der Waals surface area contributed by atoms with Crippen molar-refractivity contribution in [2.24, 2.45) is 20.5 Å². The lowest BCUT2D eigenvalue weighted by Gasteiger charge is -2.16. The largest absolute Gasteiger partial charge is 0.328 e. The van der Waals surface area contributed by atoms with E-state index in [1.807, 2.05) is 10.6 Å². The van der Waals surface area contributed by atoms with Gasteiger partial charge in [0.15, 0.2) is 5.78 Å². The van der Waals surface area contributed by atoms with Gasteiger partial charge >= 0.3 is 6.03 Å². The van der Waals surface area contributed by atoms with E-state index in [0.29, 0.717) is 16.8 Å². The molecule has 1 aliphatic heterocycles. The summed E-state index contributed by atoms with van der Waals surface area (Å²) < 4.78 is 0. The number of para-hydroxylation sites is 1. The molecule has 3 N–H and O–H groups in total. The molecule has 202 valence electrons. The third-order valence-corrected chi connectivity index (χ3v) is 6.04. The Kier molecular flexibility index (Phi) is 8.72. The highest BCUT2D eigenvalue weighted by molar-refractivity contribution is 6.34. The van der Waals surface area contributed by atoms with Gasteiger partial charge in [-0.25, -0.2) is 4.79 Å². The van der Waals surface area contributed by atoms with Crippen LogP contribution in [0.15, 0.2) is 87.2 Å². The third-order valence-electron chi connectivity index (χ3n) is 5.44. The Hall–Kier alpha value is -4.81. The summed E-state index contributed by atoms with van der Waals surface area (Å²) in [4.78, 5) is 59.3. The molecule has 0 aliphatic carbocycles. The van der Waals surface area contributed by atoms with Crippen LogP contribution in [-0.4, -0.2) is 41.6 Å². The average molecular weight is 580 g/mol. The van der Waals surface area contributed by atoms with Gasteiger partial charge in [0.1, 0.15) is 11.4 Å². The van der Waals surface area contributed by atoms with Gasteiger partial charge in [0, 0.05) is 5.69 Å². The zero-order valence-corrected chi connectivity index (χ0v) is 22.1. The van der Waals surface area contributed by atoms with E-state index in [0.717, 1.165) is 0 Å². The molecule has 12 nitrogen and oxygen atoms in total. The molecular weight excluding hydrogens is 561 g/mol. The zero-order chi connectivity index (χ0) is 28.8. The second-order valence-corrected chi connectivity index (χ2v) is 9.16. The first-order valence-corrected chi connectivity index (χ1v) is 12.3. The number of barbiturate groups is 1. The summed E-state index contributed by atoms with van der Waals surface area (Å²) in [6.45, 7) is 1.24. The van der Waals surface area contributed by atoms with Crippen LogP contribution in [0.5, 0.6) is 0 Å². The lowest BCUT2D eigenvalue weighted by atomic mass is 10.0. The number of nitrogens with zero attached hydrogens (tertiary/aromatic N) is 4. The molecule has 1 atom stereocenters. The molecule has 1 heterocycles. The molecule has 1 saturated heterocycles. The SMILES string of the molecule is CC(=O)C(N=Nc1ccc(-c2ccc(N=NC3C(=O)NC(=O)NC3=O)c(Cl)c2)cc1Cl)C(=O)Nc1ccccc1. The molecule has 3 aromatic rings. The van der Waals surface area contributed by atoms with Crippen LogP contribution in [0.25, 0.3) is 11.1 Å². The Labute approximate surface area is 236 Å². The number of benzene rings is 3. The molecule has 4 rings (SSSR count). The van der Waals surface area contributed by atoms with Crippen molar-refractivity contribution in [2.75, 3.05) is 5.32 Å². The predicted octanol–water partition coefficient (Wildman–Crippen LogP) is 5.16. The number of ketones is 1. The topological polar surface area (TPSA) is 171 Å². The van der Waals surface area contributed by atoms with Gasteiger partial charge in [-0.1, -0.05) is 53.5 Å². The highest BCUT2D eigenvalue weighted by atomic mass is 35.5. The summed E-state index contributed by atoms with van der Waals surface area (Å²) in [6.07, 6.45) is 0. The van der Waals surface area contributed by atoms with Crippen molar-refractivity contribution in [3.05, 3.63) is 76.8 Å². The fraction of sp³-hybridized carbons (Fsp3) is 0.115. The monoisotopic (exact) mass is 579 g/mol. The molecule has 0 bridgehead atoms.